The number of amides is 1. The van der Waals surface area contributed by atoms with E-state index in [4.69, 9.17) is 17.2 Å². The number of carbonyl (C=O) groups is 5. The Balaban J connectivity index is 1.74. The molecule has 0 aliphatic heterocycles. The molecule has 1 aromatic rings. The van der Waals surface area contributed by atoms with Gasteiger partial charge < -0.3 is 32.3 Å². The summed E-state index contributed by atoms with van der Waals surface area (Å²) in [5, 5.41) is 33.0. The summed E-state index contributed by atoms with van der Waals surface area (Å²) in [6.45, 7) is 0. The summed E-state index contributed by atoms with van der Waals surface area (Å²) in [6, 6.07) is 1.79. The number of Topliss-reactive ketones (excluding diaryl/α,β-unsaturated/α-hetero) is 4. The zero-order valence-corrected chi connectivity index (χ0v) is 25.8. The molecule has 0 aromatic heterocycles. The molecule has 0 heterocycles. The zero-order chi connectivity index (χ0) is 33.4. The van der Waals surface area contributed by atoms with Gasteiger partial charge in [-0.1, -0.05) is 18.3 Å². The van der Waals surface area contributed by atoms with E-state index in [1.165, 1.54) is 19.0 Å². The molecule has 0 spiro atoms. The van der Waals surface area contributed by atoms with E-state index in [0.717, 1.165) is 19.3 Å². The SMILES string of the molecule is CN(C)c1cc(C#CC2(O)CCCCC2)c(O)c2c1C[C@@]1(N)C[C@@]3(N)[C@H](N(C)C)C(=O)C(C(N)=O)C(=O)[C@@]3(C#N)C(=O)C1C2=O. The van der Waals surface area contributed by atoms with Crippen molar-refractivity contribution in [2.45, 2.75) is 67.7 Å². The average Bonchev–Trinajstić information content (AvgIpc) is 2.91. The molecule has 8 N–H and O–H groups in total. The Labute approximate surface area is 260 Å². The van der Waals surface area contributed by atoms with Crippen LogP contribution in [-0.4, -0.2) is 95.1 Å². The molecule has 4 aliphatic carbocycles. The van der Waals surface area contributed by atoms with Crippen molar-refractivity contribution in [1.82, 2.24) is 4.90 Å². The molecule has 45 heavy (non-hydrogen) atoms. The van der Waals surface area contributed by atoms with Crippen molar-refractivity contribution in [3.63, 3.8) is 0 Å². The number of phenols is 1. The second-order valence-electron chi connectivity index (χ2n) is 13.5. The molecule has 0 bridgehead atoms. The molecule has 6 atom stereocenters. The monoisotopic (exact) mass is 618 g/mol. The molecule has 3 saturated carbocycles. The number of benzene rings is 1. The predicted octanol–water partition coefficient (Wildman–Crippen LogP) is -1.08. The molecule has 1 aromatic carbocycles. The van der Waals surface area contributed by atoms with Gasteiger partial charge in [0.2, 0.25) is 5.91 Å². The van der Waals surface area contributed by atoms with Gasteiger partial charge in [-0.05, 0) is 64.3 Å². The normalized spacial score (nSPS) is 33.7. The second-order valence-corrected chi connectivity index (χ2v) is 13.5. The number of rotatable bonds is 3. The highest BCUT2D eigenvalue weighted by Gasteiger charge is 2.78. The van der Waals surface area contributed by atoms with Crippen molar-refractivity contribution >= 4 is 34.7 Å². The molecular formula is C32H38N6O7. The molecule has 0 saturated heterocycles. The minimum atomic E-state index is -2.82. The minimum absolute atomic E-state index is 0.0431. The number of aromatic hydroxyl groups is 1. The van der Waals surface area contributed by atoms with Gasteiger partial charge in [0.1, 0.15) is 17.3 Å². The smallest absolute Gasteiger partial charge is 0.235 e. The van der Waals surface area contributed by atoms with Crippen LogP contribution in [0.2, 0.25) is 0 Å². The molecule has 1 amide bonds. The highest BCUT2D eigenvalue weighted by atomic mass is 16.3. The van der Waals surface area contributed by atoms with Crippen molar-refractivity contribution in [1.29, 1.82) is 5.26 Å². The van der Waals surface area contributed by atoms with E-state index in [0.29, 0.717) is 24.1 Å². The number of aliphatic hydroxyl groups is 1. The third kappa shape index (κ3) is 4.33. The number of nitriles is 1. The number of anilines is 1. The van der Waals surface area contributed by atoms with Gasteiger partial charge in [0.15, 0.2) is 34.5 Å². The van der Waals surface area contributed by atoms with Crippen LogP contribution in [0.15, 0.2) is 6.07 Å². The van der Waals surface area contributed by atoms with Crippen molar-refractivity contribution in [3.05, 3.63) is 22.8 Å². The minimum Gasteiger partial charge on any atom is -0.506 e. The maximum atomic E-state index is 14.6. The first-order valence-electron chi connectivity index (χ1n) is 14.8. The molecule has 0 radical (unpaired) electrons. The van der Waals surface area contributed by atoms with E-state index in [1.54, 1.807) is 31.1 Å². The van der Waals surface area contributed by atoms with Crippen molar-refractivity contribution in [2.24, 2.45) is 34.5 Å². The number of nitrogens with zero attached hydrogens (tertiary/aromatic N) is 3. The van der Waals surface area contributed by atoms with Gasteiger partial charge in [-0.25, -0.2) is 0 Å². The van der Waals surface area contributed by atoms with Gasteiger partial charge in [0.05, 0.1) is 28.8 Å². The maximum Gasteiger partial charge on any atom is 0.235 e. The lowest BCUT2D eigenvalue weighted by Gasteiger charge is -2.60. The van der Waals surface area contributed by atoms with Gasteiger partial charge in [-0.2, -0.15) is 5.26 Å². The molecule has 5 rings (SSSR count). The highest BCUT2D eigenvalue weighted by Crippen LogP contribution is 2.57. The van der Waals surface area contributed by atoms with Gasteiger partial charge in [-0.3, -0.25) is 28.9 Å². The van der Waals surface area contributed by atoms with Gasteiger partial charge in [0.25, 0.3) is 0 Å². The van der Waals surface area contributed by atoms with E-state index in [-0.39, 0.29) is 17.5 Å². The summed E-state index contributed by atoms with van der Waals surface area (Å²) in [6.07, 6.45) is 2.81. The van der Waals surface area contributed by atoms with Crippen LogP contribution < -0.4 is 22.1 Å². The van der Waals surface area contributed by atoms with Crippen LogP contribution in [0.5, 0.6) is 5.75 Å². The quantitative estimate of drug-likeness (QED) is 0.201. The van der Waals surface area contributed by atoms with Crippen LogP contribution in [0.3, 0.4) is 0 Å². The summed E-state index contributed by atoms with van der Waals surface area (Å²) < 4.78 is 0. The summed E-state index contributed by atoms with van der Waals surface area (Å²) >= 11 is 0. The Morgan fingerprint density at radius 1 is 1.04 bits per heavy atom. The number of phenolic OH excluding ortho intramolecular Hbond substituents is 1. The first kappa shape index (κ1) is 32.3. The van der Waals surface area contributed by atoms with E-state index >= 15 is 0 Å². The summed E-state index contributed by atoms with van der Waals surface area (Å²) in [5.41, 5.74) is 11.7. The van der Waals surface area contributed by atoms with E-state index in [2.05, 4.69) is 11.8 Å². The standard InChI is InChI=1S/C32H38N6O7/c1-37(2)18-12-16(8-11-29(45)9-6-5-7-10-29)22(39)19-17(18)13-30(35)14-32(36)25(38(3)4)24(41)20(28(34)44)26(42)31(32,15-33)27(43)21(30)23(19)40/h12,20-21,25,39,45H,5-7,9-10,13-14,35-36H2,1-4H3,(H2,34,44)/t20?,21?,25-,30-,31+,32-/m1/s1. The molecule has 238 valence electrons. The highest BCUT2D eigenvalue weighted by molar-refractivity contribution is 6.33. The second kappa shape index (κ2) is 10.5. The van der Waals surface area contributed by atoms with Crippen LogP contribution >= 0.6 is 0 Å². The summed E-state index contributed by atoms with van der Waals surface area (Å²) in [5.74, 6) is -4.69. The Kier molecular flexibility index (Phi) is 7.50. The number of ketones is 4. The number of nitrogens with two attached hydrogens (primary N) is 3. The van der Waals surface area contributed by atoms with E-state index in [1.807, 2.05) is 0 Å². The number of likely N-dealkylation sites (N-methyl/N-ethyl adjacent to an activating group) is 1. The van der Waals surface area contributed by atoms with Crippen molar-refractivity contribution in [2.75, 3.05) is 33.1 Å². The number of fused-ring (bicyclic) bond motifs is 3. The molecule has 4 aliphatic rings. The van der Waals surface area contributed by atoms with Crippen LogP contribution in [0.4, 0.5) is 5.69 Å². The number of primary amides is 1. The van der Waals surface area contributed by atoms with Crippen LogP contribution in [0.25, 0.3) is 0 Å². The average molecular weight is 619 g/mol. The lowest BCUT2D eigenvalue weighted by molar-refractivity contribution is -0.166. The van der Waals surface area contributed by atoms with E-state index in [9.17, 15) is 39.4 Å². The lowest BCUT2D eigenvalue weighted by Crippen LogP contribution is -2.85. The van der Waals surface area contributed by atoms with Gasteiger partial charge in [0, 0.05) is 25.3 Å². The maximum absolute atomic E-state index is 14.6. The molecule has 13 nitrogen and oxygen atoms in total. The number of hydrogen-bond acceptors (Lipinski definition) is 12. The number of carbonyl (C=O) groups excluding carboxylic acids is 5. The largest absolute Gasteiger partial charge is 0.506 e. The Morgan fingerprint density at radius 3 is 2.20 bits per heavy atom. The third-order valence-corrected chi connectivity index (χ3v) is 10.2. The van der Waals surface area contributed by atoms with Crippen molar-refractivity contribution < 1.29 is 34.2 Å². The molecular weight excluding hydrogens is 580 g/mol. The molecule has 3 fully saturated rings. The third-order valence-electron chi connectivity index (χ3n) is 10.2. The van der Waals surface area contributed by atoms with Gasteiger partial charge in [-0.15, -0.1) is 0 Å². The fourth-order valence-electron chi connectivity index (χ4n) is 8.20. The lowest BCUT2D eigenvalue weighted by atomic mass is 9.42. The Bertz CT molecular complexity index is 1660. The van der Waals surface area contributed by atoms with Gasteiger partial charge >= 0.3 is 0 Å². The van der Waals surface area contributed by atoms with Crippen molar-refractivity contribution in [3.8, 4) is 23.7 Å². The van der Waals surface area contributed by atoms with Crippen LogP contribution in [0, 0.1) is 40.4 Å². The zero-order valence-electron chi connectivity index (χ0n) is 25.8. The fourth-order valence-corrected chi connectivity index (χ4v) is 8.20. The topological polar surface area (TPSA) is 234 Å². The number of hydrogen-bond donors (Lipinski definition) is 5. The predicted molar refractivity (Wildman–Crippen MR) is 161 cm³/mol. The Morgan fingerprint density at radius 2 is 1.67 bits per heavy atom. The van der Waals surface area contributed by atoms with Crippen LogP contribution in [-0.2, 0) is 25.6 Å². The fraction of sp³-hybridized carbons (Fsp3) is 0.562. The molecule has 13 heteroatoms. The summed E-state index contributed by atoms with van der Waals surface area (Å²) in [4.78, 5) is 71.8. The van der Waals surface area contributed by atoms with E-state index < -0.39 is 81.2 Å². The summed E-state index contributed by atoms with van der Waals surface area (Å²) in [7, 11) is 6.31. The first-order valence-corrected chi connectivity index (χ1v) is 14.8. The Hall–Kier alpha value is -4.14. The van der Waals surface area contributed by atoms with Crippen LogP contribution in [0.1, 0.15) is 60.0 Å². The first-order chi connectivity index (χ1) is 20.9. The molecule has 2 unspecified atom stereocenters.